The number of fused-ring (bicyclic) bond motifs is 2. The molecule has 2 aromatic carbocycles. The van der Waals surface area contributed by atoms with Gasteiger partial charge in [-0.3, -0.25) is 19.3 Å². The Bertz CT molecular complexity index is 1270. The number of thiazole rings is 1. The van der Waals surface area contributed by atoms with Crippen molar-refractivity contribution in [1.29, 1.82) is 0 Å². The third-order valence-electron chi connectivity index (χ3n) is 5.36. The van der Waals surface area contributed by atoms with E-state index in [2.05, 4.69) is 10.3 Å². The third-order valence-corrected chi connectivity index (χ3v) is 7.36. The second-order valence-corrected chi connectivity index (χ2v) is 9.83. The first-order valence-electron chi connectivity index (χ1n) is 10.8. The first kappa shape index (κ1) is 22.4. The molecule has 3 heterocycles. The minimum absolute atomic E-state index is 0.107. The van der Waals surface area contributed by atoms with E-state index < -0.39 is 0 Å². The van der Waals surface area contributed by atoms with Crippen molar-refractivity contribution in [2.24, 2.45) is 0 Å². The zero-order valence-electron chi connectivity index (χ0n) is 18.1. The lowest BCUT2D eigenvalue weighted by molar-refractivity contribution is -0.124. The highest BCUT2D eigenvalue weighted by molar-refractivity contribution is 8.18. The Kier molecular flexibility index (Phi) is 6.50. The van der Waals surface area contributed by atoms with E-state index in [9.17, 15) is 14.4 Å². The maximum absolute atomic E-state index is 12.7. The SMILES string of the molecule is O=C(CCCc1nc2ccccc2s1)NCCN1C(=O)S/C(=C\c2ccc3c(c2)OCO3)C1=O. The topological polar surface area (TPSA) is 97.8 Å². The van der Waals surface area contributed by atoms with Gasteiger partial charge in [0.15, 0.2) is 11.5 Å². The van der Waals surface area contributed by atoms with Gasteiger partial charge in [-0.25, -0.2) is 4.98 Å². The van der Waals surface area contributed by atoms with Crippen molar-refractivity contribution in [3.63, 3.8) is 0 Å². The zero-order chi connectivity index (χ0) is 23.5. The smallest absolute Gasteiger partial charge is 0.293 e. The molecule has 1 saturated heterocycles. The maximum atomic E-state index is 12.7. The molecule has 34 heavy (non-hydrogen) atoms. The molecule has 0 saturated carbocycles. The monoisotopic (exact) mass is 495 g/mol. The molecule has 3 aromatic rings. The van der Waals surface area contributed by atoms with Gasteiger partial charge >= 0.3 is 0 Å². The number of imide groups is 1. The number of rotatable bonds is 8. The largest absolute Gasteiger partial charge is 0.454 e. The average molecular weight is 496 g/mol. The number of amides is 3. The minimum Gasteiger partial charge on any atom is -0.454 e. The molecule has 1 fully saturated rings. The second kappa shape index (κ2) is 9.86. The standard InChI is InChI=1S/C24H21N3O5S2/c28-21(6-3-7-22-26-16-4-1-2-5-19(16)33-22)25-10-11-27-23(29)20(34-24(27)30)13-15-8-9-17-18(12-15)32-14-31-17/h1-2,4-5,8-9,12-13H,3,6-7,10-11,14H2,(H,25,28)/b20-13-. The summed E-state index contributed by atoms with van der Waals surface area (Å²) >= 11 is 2.54. The zero-order valence-corrected chi connectivity index (χ0v) is 19.7. The van der Waals surface area contributed by atoms with Crippen LogP contribution >= 0.6 is 23.1 Å². The first-order valence-corrected chi connectivity index (χ1v) is 12.5. The lowest BCUT2D eigenvalue weighted by Gasteiger charge is -2.12. The summed E-state index contributed by atoms with van der Waals surface area (Å²) < 4.78 is 11.8. The highest BCUT2D eigenvalue weighted by atomic mass is 32.2. The number of nitrogens with one attached hydrogen (secondary N) is 1. The summed E-state index contributed by atoms with van der Waals surface area (Å²) in [5.41, 5.74) is 1.73. The summed E-state index contributed by atoms with van der Waals surface area (Å²) in [6, 6.07) is 13.3. The first-order chi connectivity index (χ1) is 16.6. The van der Waals surface area contributed by atoms with Gasteiger partial charge in [0.1, 0.15) is 0 Å². The molecule has 0 spiro atoms. The summed E-state index contributed by atoms with van der Waals surface area (Å²) in [6.07, 6.45) is 3.45. The molecule has 1 N–H and O–H groups in total. The molecule has 2 aliphatic heterocycles. The number of ether oxygens (including phenoxy) is 2. The van der Waals surface area contributed by atoms with E-state index >= 15 is 0 Å². The number of hydrogen-bond donors (Lipinski definition) is 1. The molecule has 174 valence electrons. The van der Waals surface area contributed by atoms with Crippen LogP contribution in [0.15, 0.2) is 47.4 Å². The molecule has 3 amide bonds. The van der Waals surface area contributed by atoms with Gasteiger partial charge in [0.05, 0.1) is 20.1 Å². The van der Waals surface area contributed by atoms with Gasteiger partial charge in [-0.05, 0) is 60.5 Å². The van der Waals surface area contributed by atoms with Crippen LogP contribution in [0.5, 0.6) is 11.5 Å². The van der Waals surface area contributed by atoms with Crippen LogP contribution in [0, 0.1) is 0 Å². The third kappa shape index (κ3) is 4.92. The number of carbonyl (C=O) groups excluding carboxylic acids is 3. The van der Waals surface area contributed by atoms with E-state index in [0.29, 0.717) is 29.2 Å². The Morgan fingerprint density at radius 2 is 2.00 bits per heavy atom. The summed E-state index contributed by atoms with van der Waals surface area (Å²) in [6.45, 7) is 0.519. The van der Waals surface area contributed by atoms with Gasteiger partial charge < -0.3 is 14.8 Å². The Morgan fingerprint density at radius 1 is 1.15 bits per heavy atom. The van der Waals surface area contributed by atoms with Gasteiger partial charge in [-0.2, -0.15) is 0 Å². The van der Waals surface area contributed by atoms with Crippen LogP contribution in [-0.4, -0.2) is 46.8 Å². The Balaban J connectivity index is 1.08. The van der Waals surface area contributed by atoms with Crippen molar-refractivity contribution in [2.75, 3.05) is 19.9 Å². The minimum atomic E-state index is -0.363. The van der Waals surface area contributed by atoms with Crippen molar-refractivity contribution in [2.45, 2.75) is 19.3 Å². The average Bonchev–Trinajstić information content (AvgIpc) is 3.52. The molecule has 5 rings (SSSR count). The Labute approximate surface area is 203 Å². The number of hydrogen-bond acceptors (Lipinski definition) is 8. The van der Waals surface area contributed by atoms with Gasteiger partial charge in [0, 0.05) is 19.5 Å². The van der Waals surface area contributed by atoms with Gasteiger partial charge in [-0.1, -0.05) is 18.2 Å². The van der Waals surface area contributed by atoms with Crippen molar-refractivity contribution < 1.29 is 23.9 Å². The van der Waals surface area contributed by atoms with E-state index in [-0.39, 0.29) is 36.9 Å². The summed E-state index contributed by atoms with van der Waals surface area (Å²) in [5.74, 6) is 0.793. The van der Waals surface area contributed by atoms with Crippen LogP contribution in [0.1, 0.15) is 23.4 Å². The quantitative estimate of drug-likeness (QED) is 0.468. The van der Waals surface area contributed by atoms with Crippen LogP contribution in [0.4, 0.5) is 4.79 Å². The van der Waals surface area contributed by atoms with Crippen molar-refractivity contribution in [3.8, 4) is 11.5 Å². The maximum Gasteiger partial charge on any atom is 0.293 e. The molecule has 0 aliphatic carbocycles. The molecular formula is C24H21N3O5S2. The fourth-order valence-corrected chi connectivity index (χ4v) is 5.54. The van der Waals surface area contributed by atoms with Crippen LogP contribution in [0.3, 0.4) is 0 Å². The van der Waals surface area contributed by atoms with Crippen LogP contribution in [0.25, 0.3) is 16.3 Å². The normalized spacial score (nSPS) is 16.1. The van der Waals surface area contributed by atoms with E-state index in [4.69, 9.17) is 9.47 Å². The number of nitrogens with zero attached hydrogens (tertiary/aromatic N) is 2. The van der Waals surface area contributed by atoms with E-state index in [1.165, 1.54) is 0 Å². The van der Waals surface area contributed by atoms with Crippen molar-refractivity contribution in [1.82, 2.24) is 15.2 Å². The van der Waals surface area contributed by atoms with E-state index in [1.807, 2.05) is 24.3 Å². The van der Waals surface area contributed by atoms with Gasteiger partial charge in [0.2, 0.25) is 12.7 Å². The fourth-order valence-electron chi connectivity index (χ4n) is 3.67. The lowest BCUT2D eigenvalue weighted by atomic mass is 10.2. The highest BCUT2D eigenvalue weighted by Gasteiger charge is 2.34. The highest BCUT2D eigenvalue weighted by Crippen LogP contribution is 2.36. The van der Waals surface area contributed by atoms with Crippen molar-refractivity contribution >= 4 is 56.4 Å². The molecule has 8 nitrogen and oxygen atoms in total. The molecule has 0 radical (unpaired) electrons. The number of aryl methyl sites for hydroxylation is 1. The summed E-state index contributed by atoms with van der Waals surface area (Å²) in [7, 11) is 0. The van der Waals surface area contributed by atoms with Crippen molar-refractivity contribution in [3.05, 3.63) is 57.9 Å². The molecule has 10 heteroatoms. The molecule has 0 bridgehead atoms. The fraction of sp³-hybridized carbons (Fsp3) is 0.250. The molecule has 0 atom stereocenters. The predicted octanol–water partition coefficient (Wildman–Crippen LogP) is 4.20. The summed E-state index contributed by atoms with van der Waals surface area (Å²) in [5, 5.41) is 3.46. The Morgan fingerprint density at radius 3 is 2.88 bits per heavy atom. The van der Waals surface area contributed by atoms with Crippen LogP contribution < -0.4 is 14.8 Å². The number of thioether (sulfide) groups is 1. The van der Waals surface area contributed by atoms with Crippen LogP contribution in [0.2, 0.25) is 0 Å². The number of aromatic nitrogens is 1. The number of carbonyl (C=O) groups is 3. The predicted molar refractivity (Wildman–Crippen MR) is 131 cm³/mol. The van der Waals surface area contributed by atoms with E-state index in [1.54, 1.807) is 35.6 Å². The number of benzene rings is 2. The van der Waals surface area contributed by atoms with E-state index in [0.717, 1.165) is 43.9 Å². The molecular weight excluding hydrogens is 474 g/mol. The van der Waals surface area contributed by atoms with Crippen LogP contribution in [-0.2, 0) is 16.0 Å². The second-order valence-electron chi connectivity index (χ2n) is 7.72. The van der Waals surface area contributed by atoms with Gasteiger partial charge in [0.25, 0.3) is 11.1 Å². The molecule has 0 unspecified atom stereocenters. The number of para-hydroxylation sites is 1. The molecule has 1 aromatic heterocycles. The lowest BCUT2D eigenvalue weighted by Crippen LogP contribution is -2.37. The van der Waals surface area contributed by atoms with Gasteiger partial charge in [-0.15, -0.1) is 11.3 Å². The summed E-state index contributed by atoms with van der Waals surface area (Å²) in [4.78, 5) is 43.3. The Hall–Kier alpha value is -3.37. The molecule has 2 aliphatic rings.